The van der Waals surface area contributed by atoms with E-state index in [1.54, 1.807) is 36.3 Å². The minimum Gasteiger partial charge on any atom is -0.389 e. The number of hydrogen-bond donors (Lipinski definition) is 2. The number of likely N-dealkylation sites (N-methyl/N-ethyl adjacent to an activating group) is 1. The Morgan fingerprint density at radius 3 is 2.76 bits per heavy atom. The molecule has 0 saturated heterocycles. The standard InChI is InChI=1S/C15H21N3O2S/c1-5-18(9-15(3,4)20)14(19)12-6-11(7-16-12)13-8-21-10(2)17-13/h6-8,16,20H,5,9H2,1-4H3. The van der Waals surface area contributed by atoms with Gasteiger partial charge in [-0.25, -0.2) is 4.98 Å². The number of aromatic nitrogens is 2. The van der Waals surface area contributed by atoms with E-state index >= 15 is 0 Å². The fourth-order valence-electron chi connectivity index (χ4n) is 2.13. The Balaban J connectivity index is 2.18. The molecule has 0 aromatic carbocycles. The molecule has 0 aliphatic rings. The number of aromatic amines is 1. The number of amides is 1. The zero-order valence-electron chi connectivity index (χ0n) is 12.8. The number of H-pyrrole nitrogens is 1. The normalized spacial score (nSPS) is 11.7. The van der Waals surface area contributed by atoms with Gasteiger partial charge in [0.2, 0.25) is 0 Å². The summed E-state index contributed by atoms with van der Waals surface area (Å²) in [5.41, 5.74) is 1.38. The Bertz CT molecular complexity index is 625. The third-order valence-electron chi connectivity index (χ3n) is 3.07. The lowest BCUT2D eigenvalue weighted by Gasteiger charge is -2.27. The van der Waals surface area contributed by atoms with Crippen molar-refractivity contribution < 1.29 is 9.90 Å². The fourth-order valence-corrected chi connectivity index (χ4v) is 2.75. The Morgan fingerprint density at radius 1 is 1.52 bits per heavy atom. The summed E-state index contributed by atoms with van der Waals surface area (Å²) in [6.45, 7) is 8.09. The molecule has 0 unspecified atom stereocenters. The maximum absolute atomic E-state index is 12.5. The van der Waals surface area contributed by atoms with Crippen molar-refractivity contribution >= 4 is 17.2 Å². The van der Waals surface area contributed by atoms with Gasteiger partial charge in [-0.05, 0) is 33.8 Å². The summed E-state index contributed by atoms with van der Waals surface area (Å²) in [5.74, 6) is -0.113. The van der Waals surface area contributed by atoms with Gasteiger partial charge >= 0.3 is 0 Å². The molecule has 2 N–H and O–H groups in total. The molecule has 0 spiro atoms. The van der Waals surface area contributed by atoms with Crippen molar-refractivity contribution in [3.05, 3.63) is 28.3 Å². The summed E-state index contributed by atoms with van der Waals surface area (Å²) in [5, 5.41) is 12.9. The average molecular weight is 307 g/mol. The van der Waals surface area contributed by atoms with Crippen LogP contribution in [0.1, 0.15) is 36.3 Å². The highest BCUT2D eigenvalue weighted by molar-refractivity contribution is 7.09. The van der Waals surface area contributed by atoms with Crippen molar-refractivity contribution in [1.82, 2.24) is 14.9 Å². The number of rotatable bonds is 5. The van der Waals surface area contributed by atoms with Gasteiger partial charge < -0.3 is 15.0 Å². The molecule has 2 aromatic heterocycles. The van der Waals surface area contributed by atoms with Crippen LogP contribution < -0.4 is 0 Å². The van der Waals surface area contributed by atoms with Crippen molar-refractivity contribution in [2.45, 2.75) is 33.3 Å². The predicted octanol–water partition coefficient (Wildman–Crippen LogP) is 2.68. The van der Waals surface area contributed by atoms with E-state index in [1.165, 1.54) is 0 Å². The van der Waals surface area contributed by atoms with Crippen LogP contribution in [0.25, 0.3) is 11.3 Å². The minimum atomic E-state index is -0.910. The first-order chi connectivity index (χ1) is 9.80. The van der Waals surface area contributed by atoms with Crippen LogP contribution in [0.15, 0.2) is 17.6 Å². The third-order valence-corrected chi connectivity index (χ3v) is 3.85. The Kier molecular flexibility index (Phi) is 4.49. The summed E-state index contributed by atoms with van der Waals surface area (Å²) < 4.78 is 0. The van der Waals surface area contributed by atoms with E-state index in [0.29, 0.717) is 18.8 Å². The van der Waals surface area contributed by atoms with Gasteiger partial charge in [-0.15, -0.1) is 11.3 Å². The van der Waals surface area contributed by atoms with Gasteiger partial charge in [-0.1, -0.05) is 0 Å². The molecule has 2 rings (SSSR count). The second-order valence-corrected chi connectivity index (χ2v) is 6.75. The second kappa shape index (κ2) is 5.99. The number of thiazole rings is 1. The summed E-state index contributed by atoms with van der Waals surface area (Å²) in [7, 11) is 0. The number of nitrogens with zero attached hydrogens (tertiary/aromatic N) is 2. The number of nitrogens with one attached hydrogen (secondary N) is 1. The van der Waals surface area contributed by atoms with Crippen LogP contribution in [-0.2, 0) is 0 Å². The highest BCUT2D eigenvalue weighted by Crippen LogP contribution is 2.23. The van der Waals surface area contributed by atoms with E-state index in [4.69, 9.17) is 0 Å². The molecule has 6 heteroatoms. The van der Waals surface area contributed by atoms with E-state index in [9.17, 15) is 9.90 Å². The molecule has 0 atom stereocenters. The lowest BCUT2D eigenvalue weighted by atomic mass is 10.1. The Labute approximate surface area is 128 Å². The number of hydrogen-bond acceptors (Lipinski definition) is 4. The summed E-state index contributed by atoms with van der Waals surface area (Å²) in [4.78, 5) is 21.5. The molecule has 1 amide bonds. The smallest absolute Gasteiger partial charge is 0.270 e. The van der Waals surface area contributed by atoms with E-state index in [2.05, 4.69) is 9.97 Å². The zero-order chi connectivity index (χ0) is 15.6. The van der Waals surface area contributed by atoms with Crippen LogP contribution in [0.5, 0.6) is 0 Å². The second-order valence-electron chi connectivity index (χ2n) is 5.69. The molecule has 2 heterocycles. The summed E-state index contributed by atoms with van der Waals surface area (Å²) >= 11 is 1.58. The number of aryl methyl sites for hydroxylation is 1. The monoisotopic (exact) mass is 307 g/mol. The molecule has 0 aliphatic heterocycles. The molecule has 21 heavy (non-hydrogen) atoms. The fraction of sp³-hybridized carbons (Fsp3) is 0.467. The van der Waals surface area contributed by atoms with Crippen LogP contribution in [0, 0.1) is 6.92 Å². The summed E-state index contributed by atoms with van der Waals surface area (Å²) in [6, 6.07) is 1.81. The molecule has 2 aromatic rings. The molecular weight excluding hydrogens is 286 g/mol. The predicted molar refractivity (Wildman–Crippen MR) is 84.5 cm³/mol. The van der Waals surface area contributed by atoms with Crippen LogP contribution in [-0.4, -0.2) is 44.6 Å². The van der Waals surface area contributed by atoms with Crippen LogP contribution in [0.3, 0.4) is 0 Å². The SMILES string of the molecule is CCN(CC(C)(C)O)C(=O)c1cc(-c2csc(C)n2)c[nH]1. The van der Waals surface area contributed by atoms with Crippen LogP contribution >= 0.6 is 11.3 Å². The molecule has 5 nitrogen and oxygen atoms in total. The van der Waals surface area contributed by atoms with Crippen molar-refractivity contribution in [2.75, 3.05) is 13.1 Å². The number of carbonyl (C=O) groups excluding carboxylic acids is 1. The van der Waals surface area contributed by atoms with Crippen molar-refractivity contribution in [3.63, 3.8) is 0 Å². The van der Waals surface area contributed by atoms with Gasteiger partial charge in [0.1, 0.15) is 5.69 Å². The van der Waals surface area contributed by atoms with E-state index < -0.39 is 5.60 Å². The largest absolute Gasteiger partial charge is 0.389 e. The van der Waals surface area contributed by atoms with Crippen molar-refractivity contribution in [3.8, 4) is 11.3 Å². The Morgan fingerprint density at radius 2 is 2.24 bits per heavy atom. The van der Waals surface area contributed by atoms with E-state index in [0.717, 1.165) is 16.3 Å². The van der Waals surface area contributed by atoms with Gasteiger partial charge in [0.25, 0.3) is 5.91 Å². The van der Waals surface area contributed by atoms with Crippen LogP contribution in [0.2, 0.25) is 0 Å². The number of aliphatic hydroxyl groups is 1. The van der Waals surface area contributed by atoms with Gasteiger partial charge in [0.05, 0.1) is 16.3 Å². The maximum atomic E-state index is 12.5. The van der Waals surface area contributed by atoms with Crippen molar-refractivity contribution in [1.29, 1.82) is 0 Å². The zero-order valence-corrected chi connectivity index (χ0v) is 13.6. The summed E-state index contributed by atoms with van der Waals surface area (Å²) in [6.07, 6.45) is 1.79. The first-order valence-corrected chi connectivity index (χ1v) is 7.80. The minimum absolute atomic E-state index is 0.113. The highest BCUT2D eigenvalue weighted by Gasteiger charge is 2.23. The lowest BCUT2D eigenvalue weighted by molar-refractivity contribution is 0.0312. The first kappa shape index (κ1) is 15.7. The topological polar surface area (TPSA) is 69.2 Å². The average Bonchev–Trinajstić information content (AvgIpc) is 3.02. The Hall–Kier alpha value is -1.66. The molecule has 0 fully saturated rings. The van der Waals surface area contributed by atoms with Crippen molar-refractivity contribution in [2.24, 2.45) is 0 Å². The van der Waals surface area contributed by atoms with Gasteiger partial charge in [0, 0.05) is 30.2 Å². The molecule has 0 bridgehead atoms. The highest BCUT2D eigenvalue weighted by atomic mass is 32.1. The van der Waals surface area contributed by atoms with Gasteiger partial charge in [-0.3, -0.25) is 4.79 Å². The third kappa shape index (κ3) is 3.92. The molecule has 114 valence electrons. The molecule has 0 radical (unpaired) electrons. The maximum Gasteiger partial charge on any atom is 0.270 e. The lowest BCUT2D eigenvalue weighted by Crippen LogP contribution is -2.42. The van der Waals surface area contributed by atoms with Gasteiger partial charge in [0.15, 0.2) is 0 Å². The van der Waals surface area contributed by atoms with E-state index in [1.807, 2.05) is 25.3 Å². The number of carbonyl (C=O) groups is 1. The van der Waals surface area contributed by atoms with E-state index in [-0.39, 0.29) is 5.91 Å². The molecule has 0 saturated carbocycles. The first-order valence-electron chi connectivity index (χ1n) is 6.92. The molecular formula is C15H21N3O2S. The van der Waals surface area contributed by atoms with Crippen LogP contribution in [0.4, 0.5) is 0 Å². The quantitative estimate of drug-likeness (QED) is 0.892. The van der Waals surface area contributed by atoms with Gasteiger partial charge in [-0.2, -0.15) is 0 Å². The molecule has 0 aliphatic carbocycles.